The Balaban J connectivity index is 1.58. The van der Waals surface area contributed by atoms with Gasteiger partial charge >= 0.3 is 0 Å². The molecule has 0 unspecified atom stereocenters. The van der Waals surface area contributed by atoms with E-state index in [1.807, 2.05) is 13.0 Å². The highest BCUT2D eigenvalue weighted by molar-refractivity contribution is 7.92. The van der Waals surface area contributed by atoms with Gasteiger partial charge in [0.1, 0.15) is 11.6 Å². The van der Waals surface area contributed by atoms with Crippen LogP contribution in [-0.4, -0.2) is 20.9 Å². The fourth-order valence-corrected chi connectivity index (χ4v) is 3.60. The number of carbonyl (C=O) groups is 1. The Bertz CT molecular complexity index is 1120. The van der Waals surface area contributed by atoms with Crippen LogP contribution in [0.2, 0.25) is 0 Å². The van der Waals surface area contributed by atoms with Crippen molar-refractivity contribution < 1.29 is 22.3 Å². The Morgan fingerprint density at radius 2 is 1.66 bits per heavy atom. The number of amides is 1. The third-order valence-corrected chi connectivity index (χ3v) is 5.28. The molecule has 0 fully saturated rings. The summed E-state index contributed by atoms with van der Waals surface area (Å²) in [6.07, 6.45) is 0. The summed E-state index contributed by atoms with van der Waals surface area (Å²) in [7, 11) is -3.74. The van der Waals surface area contributed by atoms with Crippen molar-refractivity contribution in [3.8, 4) is 5.75 Å². The van der Waals surface area contributed by atoms with E-state index < -0.39 is 21.7 Å². The number of hydrogen-bond acceptors (Lipinski definition) is 4. The molecular weight excluding hydrogens is 395 g/mol. The van der Waals surface area contributed by atoms with Crippen molar-refractivity contribution >= 4 is 27.3 Å². The molecule has 0 saturated heterocycles. The zero-order valence-corrected chi connectivity index (χ0v) is 16.4. The van der Waals surface area contributed by atoms with Crippen molar-refractivity contribution in [2.45, 2.75) is 11.8 Å². The fourth-order valence-electron chi connectivity index (χ4n) is 2.55. The van der Waals surface area contributed by atoms with Gasteiger partial charge in [-0.15, -0.1) is 0 Å². The van der Waals surface area contributed by atoms with E-state index in [1.54, 1.807) is 24.3 Å². The Kier molecular flexibility index (Phi) is 6.13. The average Bonchev–Trinajstić information content (AvgIpc) is 2.66. The van der Waals surface area contributed by atoms with Gasteiger partial charge in [-0.05, 0) is 67.1 Å². The number of ether oxygens (including phenoxy) is 1. The van der Waals surface area contributed by atoms with Crippen molar-refractivity contribution in [3.63, 3.8) is 0 Å². The molecule has 0 atom stereocenters. The van der Waals surface area contributed by atoms with Gasteiger partial charge < -0.3 is 10.1 Å². The van der Waals surface area contributed by atoms with E-state index in [4.69, 9.17) is 4.74 Å². The van der Waals surface area contributed by atoms with Gasteiger partial charge in [-0.1, -0.05) is 18.2 Å². The number of sulfonamides is 1. The molecule has 8 heteroatoms. The zero-order valence-electron chi connectivity index (χ0n) is 15.6. The largest absolute Gasteiger partial charge is 0.484 e. The summed E-state index contributed by atoms with van der Waals surface area (Å²) >= 11 is 0. The molecule has 3 aromatic carbocycles. The summed E-state index contributed by atoms with van der Waals surface area (Å²) in [5, 5.41) is 2.51. The molecule has 0 aromatic heterocycles. The van der Waals surface area contributed by atoms with Crippen LogP contribution in [0.15, 0.2) is 77.7 Å². The van der Waals surface area contributed by atoms with E-state index >= 15 is 0 Å². The minimum atomic E-state index is -3.74. The predicted molar refractivity (Wildman–Crippen MR) is 109 cm³/mol. The molecule has 0 saturated carbocycles. The number of anilines is 2. The lowest BCUT2D eigenvalue weighted by molar-refractivity contribution is -0.118. The van der Waals surface area contributed by atoms with E-state index in [1.165, 1.54) is 42.5 Å². The van der Waals surface area contributed by atoms with Gasteiger partial charge in [-0.25, -0.2) is 12.8 Å². The Hall–Kier alpha value is -3.39. The first-order valence-electron chi connectivity index (χ1n) is 8.70. The maximum absolute atomic E-state index is 13.1. The van der Waals surface area contributed by atoms with E-state index in [9.17, 15) is 17.6 Å². The topological polar surface area (TPSA) is 84.5 Å². The molecule has 3 aromatic rings. The van der Waals surface area contributed by atoms with Crippen LogP contribution in [0.4, 0.5) is 15.8 Å². The first-order chi connectivity index (χ1) is 13.8. The molecule has 0 bridgehead atoms. The van der Waals surface area contributed by atoms with E-state index in [2.05, 4.69) is 10.0 Å². The molecule has 0 aliphatic carbocycles. The van der Waals surface area contributed by atoms with Crippen LogP contribution in [0.25, 0.3) is 0 Å². The number of benzene rings is 3. The van der Waals surface area contributed by atoms with Crippen LogP contribution in [0, 0.1) is 12.7 Å². The van der Waals surface area contributed by atoms with Crippen LogP contribution in [0.3, 0.4) is 0 Å². The van der Waals surface area contributed by atoms with Gasteiger partial charge in [0.25, 0.3) is 15.9 Å². The minimum absolute atomic E-state index is 0.0653. The molecule has 150 valence electrons. The van der Waals surface area contributed by atoms with Gasteiger partial charge in [0, 0.05) is 11.4 Å². The average molecular weight is 414 g/mol. The van der Waals surface area contributed by atoms with Gasteiger partial charge in [-0.3, -0.25) is 9.52 Å². The summed E-state index contributed by atoms with van der Waals surface area (Å²) in [5.74, 6) is -0.595. The quantitative estimate of drug-likeness (QED) is 0.613. The number of halogens is 1. The van der Waals surface area contributed by atoms with E-state index in [0.717, 1.165) is 5.56 Å². The highest BCUT2D eigenvalue weighted by Gasteiger charge is 2.14. The van der Waals surface area contributed by atoms with Gasteiger partial charge in [-0.2, -0.15) is 0 Å². The van der Waals surface area contributed by atoms with Crippen LogP contribution in [0.1, 0.15) is 5.56 Å². The second-order valence-electron chi connectivity index (χ2n) is 6.29. The first-order valence-corrected chi connectivity index (χ1v) is 10.2. The second-order valence-corrected chi connectivity index (χ2v) is 7.98. The lowest BCUT2D eigenvalue weighted by atomic mass is 10.2. The first kappa shape index (κ1) is 20.3. The molecule has 3 rings (SSSR count). The fraction of sp³-hybridized carbons (Fsp3) is 0.0952. The summed E-state index contributed by atoms with van der Waals surface area (Å²) in [5.41, 5.74) is 1.73. The number of rotatable bonds is 7. The Morgan fingerprint density at radius 1 is 0.966 bits per heavy atom. The SMILES string of the molecule is Cc1cccc(NS(=O)(=O)c2ccc(OCC(=O)Nc3cccc(F)c3)cc2)c1. The van der Waals surface area contributed by atoms with Crippen molar-refractivity contribution in [1.82, 2.24) is 0 Å². The van der Waals surface area contributed by atoms with Crippen LogP contribution in [-0.2, 0) is 14.8 Å². The van der Waals surface area contributed by atoms with Gasteiger partial charge in [0.2, 0.25) is 0 Å². The Morgan fingerprint density at radius 3 is 2.34 bits per heavy atom. The zero-order chi connectivity index (χ0) is 20.9. The van der Waals surface area contributed by atoms with Crippen LogP contribution >= 0.6 is 0 Å². The number of carbonyl (C=O) groups excluding carboxylic acids is 1. The predicted octanol–water partition coefficient (Wildman–Crippen LogP) is 3.95. The molecule has 0 heterocycles. The van der Waals surface area contributed by atoms with Crippen LogP contribution < -0.4 is 14.8 Å². The third kappa shape index (κ3) is 5.79. The molecule has 1 amide bonds. The summed E-state index contributed by atoms with van der Waals surface area (Å²) in [6.45, 7) is 1.57. The van der Waals surface area contributed by atoms with Crippen molar-refractivity contribution in [2.75, 3.05) is 16.6 Å². The monoisotopic (exact) mass is 414 g/mol. The second kappa shape index (κ2) is 8.74. The molecular formula is C21H19FN2O4S. The molecule has 2 N–H and O–H groups in total. The van der Waals surface area contributed by atoms with E-state index in [0.29, 0.717) is 17.1 Å². The van der Waals surface area contributed by atoms with Crippen molar-refractivity contribution in [2.24, 2.45) is 0 Å². The maximum Gasteiger partial charge on any atom is 0.262 e. The molecule has 0 radical (unpaired) electrons. The van der Waals surface area contributed by atoms with Gasteiger partial charge in [0.05, 0.1) is 4.90 Å². The molecule has 0 aliphatic rings. The normalized spacial score (nSPS) is 11.0. The molecule has 29 heavy (non-hydrogen) atoms. The maximum atomic E-state index is 13.1. The van der Waals surface area contributed by atoms with Crippen molar-refractivity contribution in [1.29, 1.82) is 0 Å². The van der Waals surface area contributed by atoms with E-state index in [-0.39, 0.29) is 11.5 Å². The highest BCUT2D eigenvalue weighted by atomic mass is 32.2. The minimum Gasteiger partial charge on any atom is -0.484 e. The Labute approximate surface area is 168 Å². The lowest BCUT2D eigenvalue weighted by Gasteiger charge is -2.10. The number of hydrogen-bond donors (Lipinski definition) is 2. The highest BCUT2D eigenvalue weighted by Crippen LogP contribution is 2.20. The molecule has 0 spiro atoms. The summed E-state index contributed by atoms with van der Waals surface area (Å²) in [6, 6.07) is 18.2. The third-order valence-electron chi connectivity index (χ3n) is 3.88. The molecule has 6 nitrogen and oxygen atoms in total. The molecule has 0 aliphatic heterocycles. The summed E-state index contributed by atoms with van der Waals surface area (Å²) in [4.78, 5) is 12.0. The standard InChI is InChI=1S/C21H19FN2O4S/c1-15-4-2-7-18(12-15)24-29(26,27)20-10-8-19(9-11-20)28-14-21(25)23-17-6-3-5-16(22)13-17/h2-13,24H,14H2,1H3,(H,23,25). The number of aryl methyl sites for hydroxylation is 1. The van der Waals surface area contributed by atoms with Crippen LogP contribution in [0.5, 0.6) is 5.75 Å². The van der Waals surface area contributed by atoms with Gasteiger partial charge in [0.15, 0.2) is 6.61 Å². The summed E-state index contributed by atoms with van der Waals surface area (Å²) < 4.78 is 45.9. The number of nitrogens with one attached hydrogen (secondary N) is 2. The smallest absolute Gasteiger partial charge is 0.262 e. The lowest BCUT2D eigenvalue weighted by Crippen LogP contribution is -2.20. The van der Waals surface area contributed by atoms with Crippen molar-refractivity contribution in [3.05, 3.63) is 84.2 Å².